The number of carbonyl (C=O) groups excluding carboxylic acids is 1. The fourth-order valence-corrected chi connectivity index (χ4v) is 6.16. The van der Waals surface area contributed by atoms with Gasteiger partial charge in [-0.15, -0.1) is 11.3 Å². The second-order valence-electron chi connectivity index (χ2n) is 11.4. The van der Waals surface area contributed by atoms with Crippen molar-refractivity contribution in [2.24, 2.45) is 5.73 Å². The monoisotopic (exact) mass is 766 g/mol. The molecule has 0 saturated heterocycles. The normalized spacial score (nSPS) is 12.3. The van der Waals surface area contributed by atoms with E-state index in [-0.39, 0.29) is 41.0 Å². The van der Waals surface area contributed by atoms with E-state index in [1.165, 1.54) is 22.9 Å². The number of aromatic nitrogens is 4. The van der Waals surface area contributed by atoms with Crippen LogP contribution in [0.2, 0.25) is 5.02 Å². The number of nitrogens with two attached hydrogens (primary N) is 1. The van der Waals surface area contributed by atoms with Crippen molar-refractivity contribution in [2.45, 2.75) is 31.7 Å². The van der Waals surface area contributed by atoms with Crippen molar-refractivity contribution >= 4 is 51.0 Å². The number of amides is 1. The third-order valence-electron chi connectivity index (χ3n) is 7.57. The summed E-state index contributed by atoms with van der Waals surface area (Å²) < 4.78 is 50.7. The molecule has 53 heavy (non-hydrogen) atoms. The van der Waals surface area contributed by atoms with Crippen molar-refractivity contribution in [1.29, 1.82) is 0 Å². The standard InChI is InChI=1S/C27H21ClF3N5O3S.C9H9NO3/c1-14-8-9-36(35-14)21-11-17(28)6-7-18(21)24(27(29,30)31)39-25-23-22(33-13-34-25)19(12-40-23)16-4-2-15(3-5-16)10-20(32)26(37)38;11-8(12)6-10-9(13)7-4-2-1-3-5-7/h2-9,11-13,20,24H,10,32H2,1H3,(H,37,38);1-5H,6H2,(H,10,13)(H,11,12)/t20-,24+;/m0./s1. The molecule has 1 amide bonds. The molecule has 2 atom stereocenters. The van der Waals surface area contributed by atoms with E-state index in [4.69, 9.17) is 32.3 Å². The van der Waals surface area contributed by atoms with Crippen molar-refractivity contribution in [3.63, 3.8) is 0 Å². The summed E-state index contributed by atoms with van der Waals surface area (Å²) >= 11 is 7.28. The molecular weight excluding hydrogens is 737 g/mol. The maximum atomic E-state index is 14.5. The van der Waals surface area contributed by atoms with E-state index < -0.39 is 30.3 Å². The van der Waals surface area contributed by atoms with Gasteiger partial charge in [0.1, 0.15) is 23.6 Å². The Bertz CT molecular complexity index is 2230. The second kappa shape index (κ2) is 16.7. The molecule has 6 rings (SSSR count). The highest BCUT2D eigenvalue weighted by Crippen LogP contribution is 2.43. The van der Waals surface area contributed by atoms with Gasteiger partial charge in [0.2, 0.25) is 12.0 Å². The highest BCUT2D eigenvalue weighted by Gasteiger charge is 2.45. The van der Waals surface area contributed by atoms with Gasteiger partial charge in [0.25, 0.3) is 5.91 Å². The molecule has 17 heteroatoms. The van der Waals surface area contributed by atoms with Crippen LogP contribution in [-0.2, 0) is 16.0 Å². The number of carboxylic acids is 2. The smallest absolute Gasteiger partial charge is 0.429 e. The lowest BCUT2D eigenvalue weighted by molar-refractivity contribution is -0.198. The molecule has 274 valence electrons. The third-order valence-corrected chi connectivity index (χ3v) is 8.76. The Morgan fingerprint density at radius 1 is 1.02 bits per heavy atom. The first-order chi connectivity index (χ1) is 25.2. The molecule has 5 N–H and O–H groups in total. The van der Waals surface area contributed by atoms with Gasteiger partial charge in [-0.1, -0.05) is 60.1 Å². The van der Waals surface area contributed by atoms with Crippen LogP contribution >= 0.6 is 22.9 Å². The number of alkyl halides is 3. The number of nitrogens with zero attached hydrogens (tertiary/aromatic N) is 4. The number of nitrogens with one attached hydrogen (secondary N) is 1. The molecule has 0 unspecified atom stereocenters. The third kappa shape index (κ3) is 9.73. The predicted octanol–water partition coefficient (Wildman–Crippen LogP) is 6.64. The molecule has 0 aliphatic carbocycles. The average molecular weight is 767 g/mol. The van der Waals surface area contributed by atoms with Gasteiger partial charge in [0.15, 0.2) is 0 Å². The maximum Gasteiger partial charge on any atom is 0.429 e. The van der Waals surface area contributed by atoms with Gasteiger partial charge in [0, 0.05) is 33.3 Å². The number of halogens is 4. The van der Waals surface area contributed by atoms with Crippen LogP contribution in [0.3, 0.4) is 0 Å². The van der Waals surface area contributed by atoms with Crippen LogP contribution in [0.4, 0.5) is 13.2 Å². The second-order valence-corrected chi connectivity index (χ2v) is 12.8. The minimum Gasteiger partial charge on any atom is -0.480 e. The fourth-order valence-electron chi connectivity index (χ4n) is 5.03. The lowest BCUT2D eigenvalue weighted by atomic mass is 10.0. The lowest BCUT2D eigenvalue weighted by Gasteiger charge is -2.24. The zero-order valence-corrected chi connectivity index (χ0v) is 29.2. The number of hydrogen-bond donors (Lipinski definition) is 4. The molecule has 0 aliphatic rings. The number of carboxylic acid groups (broad SMARTS) is 2. The van der Waals surface area contributed by atoms with E-state index in [0.717, 1.165) is 28.8 Å². The summed E-state index contributed by atoms with van der Waals surface area (Å²) in [6.45, 7) is 1.37. The van der Waals surface area contributed by atoms with E-state index in [2.05, 4.69) is 20.4 Å². The Morgan fingerprint density at radius 2 is 1.74 bits per heavy atom. The molecule has 0 radical (unpaired) electrons. The highest BCUT2D eigenvalue weighted by atomic mass is 35.5. The molecule has 3 aromatic carbocycles. The van der Waals surface area contributed by atoms with Gasteiger partial charge in [0.05, 0.1) is 16.9 Å². The lowest BCUT2D eigenvalue weighted by Crippen LogP contribution is -2.32. The van der Waals surface area contributed by atoms with Gasteiger partial charge >= 0.3 is 18.1 Å². The Hall–Kier alpha value is -5.84. The van der Waals surface area contributed by atoms with Crippen LogP contribution in [0, 0.1) is 6.92 Å². The number of thiophene rings is 1. The highest BCUT2D eigenvalue weighted by molar-refractivity contribution is 7.18. The van der Waals surface area contributed by atoms with Crippen LogP contribution in [-0.4, -0.2) is 66.6 Å². The van der Waals surface area contributed by atoms with Crippen molar-refractivity contribution < 1.29 is 42.5 Å². The molecule has 0 bridgehead atoms. The Kier molecular flexibility index (Phi) is 12.1. The topological polar surface area (TPSA) is 183 Å². The first kappa shape index (κ1) is 38.4. The van der Waals surface area contributed by atoms with Crippen molar-refractivity contribution in [2.75, 3.05) is 6.54 Å². The summed E-state index contributed by atoms with van der Waals surface area (Å²) in [4.78, 5) is 40.7. The Balaban J connectivity index is 0.000000352. The van der Waals surface area contributed by atoms with E-state index in [0.29, 0.717) is 27.0 Å². The summed E-state index contributed by atoms with van der Waals surface area (Å²) in [5.41, 5.74) is 9.21. The van der Waals surface area contributed by atoms with E-state index in [1.807, 2.05) is 0 Å². The molecule has 0 fully saturated rings. The molecule has 0 aliphatic heterocycles. The molecule has 0 spiro atoms. The summed E-state index contributed by atoms with van der Waals surface area (Å²) in [6.07, 6.45) is -4.31. The first-order valence-corrected chi connectivity index (χ1v) is 16.9. The molecule has 3 heterocycles. The molecule has 6 aromatic rings. The van der Waals surface area contributed by atoms with E-state index in [9.17, 15) is 27.6 Å². The Labute approximate surface area is 308 Å². The fraction of sp³-hybridized carbons (Fsp3) is 0.167. The van der Waals surface area contributed by atoms with Crippen molar-refractivity contribution in [3.05, 3.63) is 124 Å². The number of rotatable bonds is 11. The number of fused-ring (bicyclic) bond motifs is 1. The number of benzene rings is 3. The van der Waals surface area contributed by atoms with Crippen LogP contribution in [0.15, 0.2) is 96.8 Å². The van der Waals surface area contributed by atoms with Gasteiger partial charge in [-0.05, 0) is 54.8 Å². The van der Waals surface area contributed by atoms with E-state index >= 15 is 0 Å². The zero-order chi connectivity index (χ0) is 38.3. The average Bonchev–Trinajstić information content (AvgIpc) is 3.77. The number of ether oxygens (including phenoxy) is 1. The predicted molar refractivity (Wildman–Crippen MR) is 191 cm³/mol. The Morgan fingerprint density at radius 3 is 2.36 bits per heavy atom. The largest absolute Gasteiger partial charge is 0.480 e. The van der Waals surface area contributed by atoms with E-state index in [1.54, 1.807) is 79.2 Å². The maximum absolute atomic E-state index is 14.5. The molecule has 12 nitrogen and oxygen atoms in total. The molecule has 0 saturated carbocycles. The number of carbonyl (C=O) groups is 3. The van der Waals surface area contributed by atoms with Gasteiger partial charge < -0.3 is 26.0 Å². The minimum absolute atomic E-state index is 0.128. The first-order valence-electron chi connectivity index (χ1n) is 15.6. The summed E-state index contributed by atoms with van der Waals surface area (Å²) in [7, 11) is 0. The molecule has 3 aromatic heterocycles. The van der Waals surface area contributed by atoms with Crippen molar-refractivity contribution in [3.8, 4) is 22.7 Å². The van der Waals surface area contributed by atoms with Crippen LogP contribution in [0.25, 0.3) is 27.0 Å². The van der Waals surface area contributed by atoms with Crippen LogP contribution in [0.1, 0.15) is 33.3 Å². The summed E-state index contributed by atoms with van der Waals surface area (Å²) in [5, 5.41) is 25.8. The van der Waals surface area contributed by atoms with Crippen LogP contribution in [0.5, 0.6) is 5.88 Å². The number of aryl methyl sites for hydroxylation is 1. The van der Waals surface area contributed by atoms with Crippen LogP contribution < -0.4 is 15.8 Å². The summed E-state index contributed by atoms with van der Waals surface area (Å²) in [5.74, 6) is -2.74. The molecular formula is C36H30ClF3N6O6S. The van der Waals surface area contributed by atoms with Gasteiger partial charge in [-0.2, -0.15) is 18.3 Å². The zero-order valence-electron chi connectivity index (χ0n) is 27.6. The van der Waals surface area contributed by atoms with Crippen molar-refractivity contribution in [1.82, 2.24) is 25.1 Å². The van der Waals surface area contributed by atoms with Gasteiger partial charge in [-0.25, -0.2) is 14.6 Å². The SMILES string of the molecule is Cc1ccn(-c2cc(Cl)ccc2[C@@H](Oc2ncnc3c(-c4ccc(C[C@H](N)C(=O)O)cc4)csc23)C(F)(F)F)n1.O=C(O)CNC(=O)c1ccccc1. The summed E-state index contributed by atoms with van der Waals surface area (Å²) in [6, 6.07) is 20.2. The quantitative estimate of drug-likeness (QED) is 0.112. The number of aliphatic carboxylic acids is 2. The van der Waals surface area contributed by atoms with Gasteiger partial charge in [-0.3, -0.25) is 14.4 Å². The minimum atomic E-state index is -4.80. The number of hydrogen-bond acceptors (Lipinski definition) is 9.